The van der Waals surface area contributed by atoms with Crippen LogP contribution in [-0.4, -0.2) is 65.7 Å². The Labute approximate surface area is 217 Å². The molecule has 0 bridgehead atoms. The van der Waals surface area contributed by atoms with Crippen molar-refractivity contribution < 1.29 is 94.1 Å². The second-order valence-corrected chi connectivity index (χ2v) is 8.88. The molecule has 21 heteroatoms. The van der Waals surface area contributed by atoms with E-state index in [9.17, 15) is 89.3 Å². The summed E-state index contributed by atoms with van der Waals surface area (Å²) in [5, 5.41) is 10.3. The molecule has 1 fully saturated rings. The molecule has 0 aromatic heterocycles. The van der Waals surface area contributed by atoms with Crippen LogP contribution in [0.4, 0.5) is 74.6 Å². The first-order valence-electron chi connectivity index (χ1n) is 10.8. The maximum absolute atomic E-state index is 14.5. The topological polar surface area (TPSA) is 66.4 Å². The third-order valence-electron chi connectivity index (χ3n) is 6.04. The number of carboxylic acid groups (broad SMARTS) is 1. The molecule has 0 heterocycles. The van der Waals surface area contributed by atoms with E-state index in [-0.39, 0.29) is 37.8 Å². The summed E-state index contributed by atoms with van der Waals surface area (Å²) in [5.41, 5.74) is 0. The molecule has 0 N–H and O–H groups in total. The summed E-state index contributed by atoms with van der Waals surface area (Å²) in [4.78, 5) is 22.0. The van der Waals surface area contributed by atoms with Gasteiger partial charge < -0.3 is 14.6 Å². The van der Waals surface area contributed by atoms with Gasteiger partial charge in [-0.3, -0.25) is 0 Å². The van der Waals surface area contributed by atoms with Gasteiger partial charge in [-0.2, -0.15) is 74.6 Å². The third-order valence-corrected chi connectivity index (χ3v) is 6.04. The summed E-state index contributed by atoms with van der Waals surface area (Å²) >= 11 is 0. The minimum atomic E-state index is -8.74. The third kappa shape index (κ3) is 6.31. The SMILES string of the molecule is O=C([O-])C=CC(=O)OC(CC(F)(F)C(F)(F)C(F)(F)C(F)(F)C(F)(F)C(F)(F)C(F)(F)C(F)(F)F)C1CCCCC1. The Morgan fingerprint density at radius 2 is 1.02 bits per heavy atom. The molecule has 0 amide bonds. The van der Waals surface area contributed by atoms with Crippen LogP contribution in [0.2, 0.25) is 0 Å². The van der Waals surface area contributed by atoms with Gasteiger partial charge in [0.05, 0.1) is 12.4 Å². The second kappa shape index (κ2) is 11.3. The minimum absolute atomic E-state index is 0.0480. The zero-order chi connectivity index (χ0) is 32.7. The largest absolute Gasteiger partial charge is 0.545 e. The number of hydrogen-bond donors (Lipinski definition) is 0. The monoisotopic (exact) mass is 643 g/mol. The smallest absolute Gasteiger partial charge is 0.460 e. The van der Waals surface area contributed by atoms with Crippen molar-refractivity contribution in [1.82, 2.24) is 0 Å². The van der Waals surface area contributed by atoms with Gasteiger partial charge in [-0.05, 0) is 24.8 Å². The molecule has 0 aliphatic heterocycles. The Morgan fingerprint density at radius 3 is 1.41 bits per heavy atom. The molecule has 41 heavy (non-hydrogen) atoms. The zero-order valence-electron chi connectivity index (χ0n) is 19.6. The van der Waals surface area contributed by atoms with Gasteiger partial charge in [0.1, 0.15) is 6.10 Å². The first-order chi connectivity index (χ1) is 18.0. The van der Waals surface area contributed by atoms with Crippen LogP contribution in [0.5, 0.6) is 0 Å². The van der Waals surface area contributed by atoms with Crippen LogP contribution in [0.25, 0.3) is 0 Å². The maximum atomic E-state index is 14.5. The van der Waals surface area contributed by atoms with Gasteiger partial charge in [-0.25, -0.2) is 4.79 Å². The number of alkyl halides is 17. The van der Waals surface area contributed by atoms with Crippen LogP contribution in [0.3, 0.4) is 0 Å². The van der Waals surface area contributed by atoms with Crippen LogP contribution >= 0.6 is 0 Å². The van der Waals surface area contributed by atoms with Crippen LogP contribution in [-0.2, 0) is 14.3 Å². The first-order valence-corrected chi connectivity index (χ1v) is 10.8. The van der Waals surface area contributed by atoms with Gasteiger partial charge in [0.15, 0.2) is 0 Å². The van der Waals surface area contributed by atoms with Gasteiger partial charge in [0, 0.05) is 6.08 Å². The van der Waals surface area contributed by atoms with Crippen molar-refractivity contribution in [2.75, 3.05) is 0 Å². The van der Waals surface area contributed by atoms with Crippen molar-refractivity contribution in [3.63, 3.8) is 0 Å². The van der Waals surface area contributed by atoms with Crippen LogP contribution < -0.4 is 5.11 Å². The standard InChI is InChI=1S/C20H17F17O4/c21-13(22,8-10(9-4-2-1-3-5-9)41-12(40)7-6-11(38)39)14(23,24)15(25,26)16(27,28)17(29,30)18(31,32)19(33,34)20(35,36)37/h6-7,9-10H,1-5,8H2,(H,38,39)/p-1. The van der Waals surface area contributed by atoms with E-state index in [2.05, 4.69) is 4.74 Å². The number of aliphatic carboxylic acids is 1. The predicted octanol–water partition coefficient (Wildman–Crippen LogP) is 6.18. The van der Waals surface area contributed by atoms with E-state index in [0.717, 1.165) is 0 Å². The fourth-order valence-electron chi connectivity index (χ4n) is 3.71. The Hall–Kier alpha value is -2.51. The highest BCUT2D eigenvalue weighted by molar-refractivity contribution is 5.90. The molecule has 1 atom stereocenters. The van der Waals surface area contributed by atoms with E-state index in [0.29, 0.717) is 6.42 Å². The average Bonchev–Trinajstić information content (AvgIpc) is 2.81. The number of carbonyl (C=O) groups is 2. The van der Waals surface area contributed by atoms with Crippen molar-refractivity contribution in [3.8, 4) is 0 Å². The molecule has 1 aliphatic carbocycles. The van der Waals surface area contributed by atoms with Gasteiger partial charge in [0.2, 0.25) is 0 Å². The van der Waals surface area contributed by atoms with Gasteiger partial charge >= 0.3 is 53.6 Å². The lowest BCUT2D eigenvalue weighted by Gasteiger charge is -2.43. The lowest BCUT2D eigenvalue weighted by Crippen LogP contribution is -2.74. The normalized spacial score (nSPS) is 18.5. The van der Waals surface area contributed by atoms with E-state index in [1.807, 2.05) is 0 Å². The quantitative estimate of drug-likeness (QED) is 0.145. The molecule has 1 saturated carbocycles. The fourth-order valence-corrected chi connectivity index (χ4v) is 3.71. The maximum Gasteiger partial charge on any atom is 0.460 e. The van der Waals surface area contributed by atoms with Crippen molar-refractivity contribution in [2.24, 2.45) is 5.92 Å². The molecular formula is C20H16F17O4-. The average molecular weight is 643 g/mol. The lowest BCUT2D eigenvalue weighted by molar-refractivity contribution is -0.462. The lowest BCUT2D eigenvalue weighted by atomic mass is 9.81. The molecule has 0 radical (unpaired) electrons. The van der Waals surface area contributed by atoms with E-state index in [4.69, 9.17) is 0 Å². The number of hydrogen-bond acceptors (Lipinski definition) is 4. The van der Waals surface area contributed by atoms with Crippen molar-refractivity contribution in [3.05, 3.63) is 12.2 Å². The van der Waals surface area contributed by atoms with Crippen molar-refractivity contribution in [2.45, 2.75) is 92.3 Å². The zero-order valence-corrected chi connectivity index (χ0v) is 19.6. The Morgan fingerprint density at radius 1 is 0.634 bits per heavy atom. The highest BCUT2D eigenvalue weighted by atomic mass is 19.4. The van der Waals surface area contributed by atoms with Gasteiger partial charge in [-0.1, -0.05) is 19.3 Å². The number of carbonyl (C=O) groups excluding carboxylic acids is 2. The van der Waals surface area contributed by atoms with Crippen molar-refractivity contribution >= 4 is 11.9 Å². The van der Waals surface area contributed by atoms with Crippen molar-refractivity contribution in [1.29, 1.82) is 0 Å². The highest BCUT2D eigenvalue weighted by Gasteiger charge is 2.95. The molecule has 240 valence electrons. The number of ether oxygens (including phenoxy) is 1. The van der Waals surface area contributed by atoms with Crippen LogP contribution in [0.15, 0.2) is 12.2 Å². The predicted molar refractivity (Wildman–Crippen MR) is 95.9 cm³/mol. The van der Waals surface area contributed by atoms with Gasteiger partial charge in [0.25, 0.3) is 0 Å². The number of halogens is 17. The molecule has 1 aliphatic rings. The van der Waals surface area contributed by atoms with Crippen LogP contribution in [0.1, 0.15) is 38.5 Å². The molecular weight excluding hydrogens is 627 g/mol. The summed E-state index contributed by atoms with van der Waals surface area (Å²) < 4.78 is 234. The summed E-state index contributed by atoms with van der Waals surface area (Å²) in [6, 6.07) is 0. The highest BCUT2D eigenvalue weighted by Crippen LogP contribution is 2.64. The molecule has 0 aromatic rings. The van der Waals surface area contributed by atoms with E-state index < -0.39 is 78.0 Å². The summed E-state index contributed by atoms with van der Waals surface area (Å²) in [6.07, 6.45) is -13.6. The molecule has 0 spiro atoms. The first kappa shape index (κ1) is 36.5. The van der Waals surface area contributed by atoms with Gasteiger partial charge in [-0.15, -0.1) is 0 Å². The number of carboxylic acids is 1. The molecule has 1 rings (SSSR count). The second-order valence-electron chi connectivity index (χ2n) is 8.88. The van der Waals surface area contributed by atoms with E-state index in [1.165, 1.54) is 0 Å². The Balaban J connectivity index is 3.56. The Kier molecular flexibility index (Phi) is 10.1. The van der Waals surface area contributed by atoms with E-state index in [1.54, 1.807) is 0 Å². The molecule has 1 unspecified atom stereocenters. The molecule has 0 saturated heterocycles. The Bertz CT molecular complexity index is 981. The fraction of sp³-hybridized carbons (Fsp3) is 0.800. The number of rotatable bonds is 12. The summed E-state index contributed by atoms with van der Waals surface area (Å²) in [6.45, 7) is 0. The van der Waals surface area contributed by atoms with E-state index >= 15 is 0 Å². The molecule has 0 aromatic carbocycles. The summed E-state index contributed by atoms with van der Waals surface area (Å²) in [7, 11) is 0. The minimum Gasteiger partial charge on any atom is -0.545 e. The van der Waals surface area contributed by atoms with Crippen LogP contribution in [0, 0.1) is 5.92 Å². The molecule has 4 nitrogen and oxygen atoms in total. The summed E-state index contributed by atoms with van der Waals surface area (Å²) in [5.74, 6) is -62.9. The number of esters is 1.